The highest BCUT2D eigenvalue weighted by atomic mass is 35.5. The van der Waals surface area contributed by atoms with Crippen LogP contribution in [0.25, 0.3) is 0 Å². The lowest BCUT2D eigenvalue weighted by Gasteiger charge is -2.39. The first-order valence-corrected chi connectivity index (χ1v) is 8.80. The minimum Gasteiger partial charge on any atom is -0.378 e. The van der Waals surface area contributed by atoms with Crippen LogP contribution in [-0.4, -0.2) is 0 Å². The predicted octanol–water partition coefficient (Wildman–Crippen LogP) is 6.44. The Morgan fingerprint density at radius 2 is 1.96 bits per heavy atom. The summed E-state index contributed by atoms with van der Waals surface area (Å²) >= 11 is 12.8. The second-order valence-corrected chi connectivity index (χ2v) is 7.45. The molecular formula is C20H19Cl2N. The first-order chi connectivity index (χ1) is 11.1. The molecule has 2 aliphatic rings. The van der Waals surface area contributed by atoms with E-state index >= 15 is 0 Å². The molecule has 3 heteroatoms. The monoisotopic (exact) mass is 343 g/mol. The minimum absolute atomic E-state index is 0.190. The van der Waals surface area contributed by atoms with Crippen molar-refractivity contribution >= 4 is 28.9 Å². The number of aryl methyl sites for hydroxylation is 2. The van der Waals surface area contributed by atoms with Crippen molar-refractivity contribution in [2.45, 2.75) is 32.2 Å². The van der Waals surface area contributed by atoms with Crippen molar-refractivity contribution in [2.24, 2.45) is 5.92 Å². The van der Waals surface area contributed by atoms with Crippen molar-refractivity contribution in [1.82, 2.24) is 0 Å². The number of allylic oxidation sites excluding steroid dienone is 2. The fraction of sp³-hybridized carbons (Fsp3) is 0.300. The summed E-state index contributed by atoms with van der Waals surface area (Å²) in [5, 5.41) is 5.05. The predicted molar refractivity (Wildman–Crippen MR) is 98.7 cm³/mol. The summed E-state index contributed by atoms with van der Waals surface area (Å²) in [5.41, 5.74) is 6.41. The number of hydrogen-bond acceptors (Lipinski definition) is 1. The topological polar surface area (TPSA) is 12.0 Å². The summed E-state index contributed by atoms with van der Waals surface area (Å²) in [7, 11) is 0. The van der Waals surface area contributed by atoms with Crippen LogP contribution in [0.1, 0.15) is 40.6 Å². The molecule has 118 valence electrons. The zero-order chi connectivity index (χ0) is 16.1. The normalized spacial score (nSPS) is 25.0. The highest BCUT2D eigenvalue weighted by molar-refractivity contribution is 6.42. The highest BCUT2D eigenvalue weighted by Gasteiger charge is 2.39. The molecule has 0 amide bonds. The Labute approximate surface area is 147 Å². The number of hydrogen-bond donors (Lipinski definition) is 1. The first-order valence-electron chi connectivity index (χ1n) is 8.04. The van der Waals surface area contributed by atoms with Gasteiger partial charge in [0.2, 0.25) is 0 Å². The van der Waals surface area contributed by atoms with Gasteiger partial charge in [0, 0.05) is 11.6 Å². The molecule has 0 saturated heterocycles. The summed E-state index contributed by atoms with van der Waals surface area (Å²) in [6.07, 6.45) is 5.73. The highest BCUT2D eigenvalue weighted by Crippen LogP contribution is 2.52. The third-order valence-electron chi connectivity index (χ3n) is 5.13. The quantitative estimate of drug-likeness (QED) is 0.587. The summed E-state index contributed by atoms with van der Waals surface area (Å²) < 4.78 is 0. The van der Waals surface area contributed by atoms with Crippen LogP contribution in [0.2, 0.25) is 10.0 Å². The van der Waals surface area contributed by atoms with E-state index < -0.39 is 0 Å². The first kappa shape index (κ1) is 15.1. The van der Waals surface area contributed by atoms with Gasteiger partial charge in [-0.05, 0) is 60.6 Å². The Bertz CT molecular complexity index is 810. The van der Waals surface area contributed by atoms with Crippen molar-refractivity contribution in [3.8, 4) is 0 Å². The zero-order valence-electron chi connectivity index (χ0n) is 13.2. The van der Waals surface area contributed by atoms with E-state index in [0.717, 1.165) is 12.0 Å². The van der Waals surface area contributed by atoms with Gasteiger partial charge in [0.25, 0.3) is 0 Å². The molecule has 1 aliphatic carbocycles. The van der Waals surface area contributed by atoms with Crippen LogP contribution < -0.4 is 5.32 Å². The fourth-order valence-electron chi connectivity index (χ4n) is 4.21. The second kappa shape index (κ2) is 5.58. The second-order valence-electron chi connectivity index (χ2n) is 6.66. The molecule has 3 atom stereocenters. The molecule has 0 unspecified atom stereocenters. The van der Waals surface area contributed by atoms with E-state index in [9.17, 15) is 0 Å². The molecule has 23 heavy (non-hydrogen) atoms. The van der Waals surface area contributed by atoms with Gasteiger partial charge in [0.1, 0.15) is 0 Å². The van der Waals surface area contributed by atoms with Crippen LogP contribution in [0.15, 0.2) is 42.5 Å². The molecule has 1 heterocycles. The van der Waals surface area contributed by atoms with Crippen molar-refractivity contribution in [3.63, 3.8) is 0 Å². The van der Waals surface area contributed by atoms with E-state index in [4.69, 9.17) is 23.2 Å². The molecule has 1 N–H and O–H groups in total. The molecule has 0 bridgehead atoms. The third kappa shape index (κ3) is 2.38. The van der Waals surface area contributed by atoms with Crippen LogP contribution >= 0.6 is 23.2 Å². The molecule has 0 fully saturated rings. The zero-order valence-corrected chi connectivity index (χ0v) is 14.7. The summed E-state index contributed by atoms with van der Waals surface area (Å²) in [6, 6.07) is 10.6. The third-order valence-corrected chi connectivity index (χ3v) is 5.97. The Kier molecular flexibility index (Phi) is 3.66. The van der Waals surface area contributed by atoms with E-state index in [0.29, 0.717) is 21.9 Å². The Hall–Kier alpha value is -1.44. The van der Waals surface area contributed by atoms with E-state index in [-0.39, 0.29) is 6.04 Å². The summed E-state index contributed by atoms with van der Waals surface area (Å²) in [6.45, 7) is 4.36. The molecule has 1 nitrogen and oxygen atoms in total. The number of nitrogens with one attached hydrogen (secondary N) is 1. The van der Waals surface area contributed by atoms with Crippen LogP contribution in [-0.2, 0) is 0 Å². The molecule has 0 saturated carbocycles. The molecule has 0 spiro atoms. The number of rotatable bonds is 1. The maximum atomic E-state index is 6.51. The van der Waals surface area contributed by atoms with E-state index in [1.807, 2.05) is 12.1 Å². The molecule has 4 rings (SSSR count). The fourth-order valence-corrected chi connectivity index (χ4v) is 4.64. The van der Waals surface area contributed by atoms with E-state index in [1.54, 1.807) is 0 Å². The number of fused-ring (bicyclic) bond motifs is 3. The van der Waals surface area contributed by atoms with Crippen molar-refractivity contribution in [1.29, 1.82) is 0 Å². The smallest absolute Gasteiger partial charge is 0.0645 e. The van der Waals surface area contributed by atoms with Gasteiger partial charge >= 0.3 is 0 Å². The maximum Gasteiger partial charge on any atom is 0.0645 e. The van der Waals surface area contributed by atoms with Gasteiger partial charge in [-0.3, -0.25) is 0 Å². The summed E-state index contributed by atoms with van der Waals surface area (Å²) in [4.78, 5) is 0. The molecule has 0 radical (unpaired) electrons. The average Bonchev–Trinajstić information content (AvgIpc) is 2.98. The standard InChI is InChI=1S/C20H19Cl2N/c1-11-9-12(2)18-13-5-3-6-14(13)20(23-17(18)10-11)15-7-4-8-16(21)19(15)22/h3-5,7-10,13-14,20,23H,6H2,1-2H3/t13-,14+,20+/m1/s1. The number of anilines is 1. The van der Waals surface area contributed by atoms with Gasteiger partial charge in [0.15, 0.2) is 0 Å². The van der Waals surface area contributed by atoms with E-state index in [1.165, 1.54) is 22.4 Å². The molecule has 0 aromatic heterocycles. The summed E-state index contributed by atoms with van der Waals surface area (Å²) in [5.74, 6) is 0.937. The SMILES string of the molecule is Cc1cc(C)c2c(c1)N[C@H](c1cccc(Cl)c1Cl)[C@H]1CC=C[C@@H]21. The van der Waals surface area contributed by atoms with Gasteiger partial charge in [-0.1, -0.05) is 53.6 Å². The van der Waals surface area contributed by atoms with Gasteiger partial charge in [-0.2, -0.15) is 0 Å². The molecule has 1 aliphatic heterocycles. The largest absolute Gasteiger partial charge is 0.378 e. The maximum absolute atomic E-state index is 6.51. The Morgan fingerprint density at radius 1 is 1.13 bits per heavy atom. The molecule has 2 aromatic carbocycles. The van der Waals surface area contributed by atoms with Crippen LogP contribution in [0.5, 0.6) is 0 Å². The lowest BCUT2D eigenvalue weighted by Crippen LogP contribution is -2.30. The van der Waals surface area contributed by atoms with Gasteiger partial charge in [0.05, 0.1) is 16.1 Å². The van der Waals surface area contributed by atoms with Crippen molar-refractivity contribution in [2.75, 3.05) is 5.32 Å². The number of halogens is 2. The van der Waals surface area contributed by atoms with Crippen LogP contribution in [0.3, 0.4) is 0 Å². The van der Waals surface area contributed by atoms with E-state index in [2.05, 4.69) is 49.5 Å². The van der Waals surface area contributed by atoms with Crippen molar-refractivity contribution < 1.29 is 0 Å². The average molecular weight is 344 g/mol. The van der Waals surface area contributed by atoms with Gasteiger partial charge in [-0.15, -0.1) is 0 Å². The lowest BCUT2D eigenvalue weighted by atomic mass is 9.75. The molecule has 2 aromatic rings. The van der Waals surface area contributed by atoms with Crippen molar-refractivity contribution in [3.05, 3.63) is 74.8 Å². The van der Waals surface area contributed by atoms with Crippen LogP contribution in [0.4, 0.5) is 5.69 Å². The molecular weight excluding hydrogens is 325 g/mol. The van der Waals surface area contributed by atoms with Gasteiger partial charge < -0.3 is 5.32 Å². The van der Waals surface area contributed by atoms with Gasteiger partial charge in [-0.25, -0.2) is 0 Å². The minimum atomic E-state index is 0.190. The Morgan fingerprint density at radius 3 is 2.78 bits per heavy atom. The van der Waals surface area contributed by atoms with Crippen LogP contribution in [0, 0.1) is 19.8 Å². The Balaban J connectivity index is 1.86. The lowest BCUT2D eigenvalue weighted by molar-refractivity contribution is 0.424. The number of benzene rings is 2.